The summed E-state index contributed by atoms with van der Waals surface area (Å²) in [4.78, 5) is 12.1. The number of methoxy groups -OCH3 is 3. The number of ether oxygens (including phenoxy) is 14. The van der Waals surface area contributed by atoms with Gasteiger partial charge >= 0.3 is 5.97 Å². The first kappa shape index (κ1) is 62.8. The molecule has 0 aromatic carbocycles. The van der Waals surface area contributed by atoms with Crippen molar-refractivity contribution in [2.45, 2.75) is 259 Å². The quantitative estimate of drug-likeness (QED) is 0.0617. The van der Waals surface area contributed by atoms with E-state index in [0.717, 1.165) is 51.4 Å². The molecule has 10 N–H and O–H groups in total. The van der Waals surface area contributed by atoms with Crippen molar-refractivity contribution in [1.82, 2.24) is 0 Å². The van der Waals surface area contributed by atoms with Gasteiger partial charge in [0.25, 0.3) is 0 Å². The highest BCUT2D eigenvalue weighted by atomic mass is 16.8. The lowest BCUT2D eigenvalue weighted by molar-refractivity contribution is -0.376. The van der Waals surface area contributed by atoms with Crippen LogP contribution in [-0.2, 0) is 71.1 Å². The molecule has 4 aliphatic carbocycles. The van der Waals surface area contributed by atoms with Crippen molar-refractivity contribution in [3.05, 3.63) is 11.6 Å². The summed E-state index contributed by atoms with van der Waals surface area (Å²) < 4.78 is 84.0. The fourth-order valence-electron chi connectivity index (χ4n) is 15.4. The maximum absolute atomic E-state index is 12.1. The minimum Gasteiger partial charge on any atom is -0.454 e. The second-order valence-corrected chi connectivity index (χ2v) is 24.4. The molecule has 32 unspecified atom stereocenters. The number of allylic oxidation sites excluding steroid dienone is 1. The number of esters is 1. The molecule has 0 radical (unpaired) electrons. The van der Waals surface area contributed by atoms with E-state index in [0.29, 0.717) is 17.8 Å². The Balaban J connectivity index is 0.819. The minimum absolute atomic E-state index is 0.0401. The average Bonchev–Trinajstić information content (AvgIpc) is 4.01. The van der Waals surface area contributed by atoms with Crippen molar-refractivity contribution in [2.75, 3.05) is 34.5 Å². The number of hydrogen-bond acceptors (Lipinski definition) is 25. The molecule has 0 bridgehead atoms. The molecule has 80 heavy (non-hydrogen) atoms. The normalized spacial score (nSPS) is 52.0. The lowest BCUT2D eigenvalue weighted by Gasteiger charge is -2.58. The second-order valence-electron chi connectivity index (χ2n) is 24.4. The Kier molecular flexibility index (Phi) is 20.2. The number of aliphatic hydroxyl groups is 10. The topological polar surface area (TPSA) is 349 Å². The van der Waals surface area contributed by atoms with Crippen molar-refractivity contribution in [3.63, 3.8) is 0 Å². The molecule has 25 heteroatoms. The Labute approximate surface area is 466 Å². The molecule has 9 aliphatic rings. The summed E-state index contributed by atoms with van der Waals surface area (Å²) in [6, 6.07) is 0. The van der Waals surface area contributed by atoms with Gasteiger partial charge in [0.05, 0.1) is 43.7 Å². The predicted octanol–water partition coefficient (Wildman–Crippen LogP) is -0.997. The molecule has 5 saturated heterocycles. The third kappa shape index (κ3) is 12.1. The molecule has 460 valence electrons. The van der Waals surface area contributed by atoms with Crippen molar-refractivity contribution >= 4 is 5.97 Å². The first-order valence-corrected chi connectivity index (χ1v) is 28.7. The average molecular weight is 1150 g/mol. The van der Waals surface area contributed by atoms with E-state index in [1.165, 1.54) is 33.8 Å². The van der Waals surface area contributed by atoms with Crippen molar-refractivity contribution in [1.29, 1.82) is 0 Å². The van der Waals surface area contributed by atoms with Gasteiger partial charge < -0.3 is 117 Å². The molecule has 9 rings (SSSR count). The molecule has 32 atom stereocenters. The van der Waals surface area contributed by atoms with Gasteiger partial charge in [-0.1, -0.05) is 25.5 Å². The van der Waals surface area contributed by atoms with Crippen LogP contribution in [0.2, 0.25) is 0 Å². The van der Waals surface area contributed by atoms with Gasteiger partial charge in [-0.05, 0) is 107 Å². The van der Waals surface area contributed by atoms with Crippen LogP contribution in [-0.4, -0.2) is 251 Å². The van der Waals surface area contributed by atoms with Crippen molar-refractivity contribution in [3.8, 4) is 0 Å². The van der Waals surface area contributed by atoms with E-state index in [9.17, 15) is 55.9 Å². The van der Waals surface area contributed by atoms with Crippen LogP contribution in [0.15, 0.2) is 11.6 Å². The van der Waals surface area contributed by atoms with E-state index in [-0.39, 0.29) is 35.4 Å². The van der Waals surface area contributed by atoms with Crippen LogP contribution in [0.1, 0.15) is 99.3 Å². The Morgan fingerprint density at radius 1 is 0.650 bits per heavy atom. The first-order chi connectivity index (χ1) is 38.0. The molecule has 8 fully saturated rings. The maximum atomic E-state index is 12.1. The smallest absolute Gasteiger partial charge is 0.303 e. The Morgan fingerprint density at radius 3 is 1.93 bits per heavy atom. The molecule has 0 amide bonds. The Bertz CT molecular complexity index is 2070. The molecule has 5 heterocycles. The Hall–Kier alpha value is -1.71. The fourth-order valence-corrected chi connectivity index (χ4v) is 15.4. The van der Waals surface area contributed by atoms with Crippen LogP contribution in [0.5, 0.6) is 0 Å². The SMILES string of the molecule is COC1CC(OC2CCC3(C)C(=CCC4C3CCC3(C)C(C(C)OC5OC(C)C(O)C(OC)C5OC5OC(COC6OC(CO)C(O)C(O)C6O)C(O)C(O)C5O)CCC43)C2)OC(O)C1OC1OC(C)C(O)C(OC)C1OC(C)=O. The van der Waals surface area contributed by atoms with Crippen molar-refractivity contribution < 1.29 is 122 Å². The highest BCUT2D eigenvalue weighted by Crippen LogP contribution is 2.67. The van der Waals surface area contributed by atoms with E-state index in [1.807, 2.05) is 6.92 Å². The molecule has 0 aromatic rings. The number of carbonyl (C=O) groups excluding carboxylic acids is 1. The summed E-state index contributed by atoms with van der Waals surface area (Å²) in [5.41, 5.74) is 1.25. The number of carbonyl (C=O) groups is 1. The standard InChI is InChI=1S/C55H90O25/c1-22(71-52-48(46(69-9)37(59)23(2)72-52)80-51-43(65)41(63)39(61)34(77-51)21-70-50-42(64)40(62)38(60)33(20-56)76-50)29-12-13-30-28-11-10-26-18-27(14-16-54(26,5)31(28)15-17-55(29,30)6)75-35-19-32(67-7)44(49(66)78-35)79-53-47(74-25(4)57)45(68-8)36(58)24(3)73-53/h10,22-24,27-53,56,58-66H,11-21H2,1-9H3. The predicted molar refractivity (Wildman–Crippen MR) is 271 cm³/mol. The van der Waals surface area contributed by atoms with Crippen LogP contribution in [0, 0.1) is 34.5 Å². The van der Waals surface area contributed by atoms with Crippen LogP contribution in [0.4, 0.5) is 0 Å². The summed E-state index contributed by atoms with van der Waals surface area (Å²) in [7, 11) is 4.30. The van der Waals surface area contributed by atoms with Gasteiger partial charge in [0.15, 0.2) is 43.8 Å². The van der Waals surface area contributed by atoms with Gasteiger partial charge in [-0.25, -0.2) is 0 Å². The Morgan fingerprint density at radius 2 is 1.27 bits per heavy atom. The van der Waals surface area contributed by atoms with E-state index >= 15 is 0 Å². The zero-order valence-corrected chi connectivity index (χ0v) is 47.3. The molecule has 3 saturated carbocycles. The fraction of sp³-hybridized carbons (Fsp3) is 0.945. The minimum atomic E-state index is -1.82. The van der Waals surface area contributed by atoms with E-state index < -0.39 is 167 Å². The first-order valence-electron chi connectivity index (χ1n) is 28.7. The van der Waals surface area contributed by atoms with Crippen LogP contribution in [0.25, 0.3) is 0 Å². The number of rotatable bonds is 17. The van der Waals surface area contributed by atoms with E-state index in [2.05, 4.69) is 19.9 Å². The second kappa shape index (κ2) is 25.7. The van der Waals surface area contributed by atoms with Gasteiger partial charge in [0, 0.05) is 34.7 Å². The third-order valence-electron chi connectivity index (χ3n) is 19.9. The van der Waals surface area contributed by atoms with Gasteiger partial charge in [-0.2, -0.15) is 0 Å². The number of aliphatic hydroxyl groups excluding tert-OH is 10. The monoisotopic (exact) mass is 1150 g/mol. The van der Waals surface area contributed by atoms with Crippen LogP contribution >= 0.6 is 0 Å². The summed E-state index contributed by atoms with van der Waals surface area (Å²) >= 11 is 0. The molecule has 0 spiro atoms. The molecular weight excluding hydrogens is 1060 g/mol. The lowest BCUT2D eigenvalue weighted by Crippen LogP contribution is -2.65. The van der Waals surface area contributed by atoms with Crippen LogP contribution in [0.3, 0.4) is 0 Å². The largest absolute Gasteiger partial charge is 0.454 e. The molecule has 5 aliphatic heterocycles. The summed E-state index contributed by atoms with van der Waals surface area (Å²) in [6.07, 6.45) is -21.4. The van der Waals surface area contributed by atoms with Gasteiger partial charge in [-0.15, -0.1) is 0 Å². The summed E-state index contributed by atoms with van der Waals surface area (Å²) in [5, 5.41) is 107. The van der Waals surface area contributed by atoms with Crippen molar-refractivity contribution in [2.24, 2.45) is 34.5 Å². The lowest BCUT2D eigenvalue weighted by atomic mass is 9.47. The molecular formula is C55H90O25. The highest BCUT2D eigenvalue weighted by molar-refractivity contribution is 5.66. The highest BCUT2D eigenvalue weighted by Gasteiger charge is 2.61. The van der Waals surface area contributed by atoms with Gasteiger partial charge in [-0.3, -0.25) is 4.79 Å². The van der Waals surface area contributed by atoms with E-state index in [4.69, 9.17) is 66.3 Å². The summed E-state index contributed by atoms with van der Waals surface area (Å²) in [5.74, 6) is 0.780. The van der Waals surface area contributed by atoms with E-state index in [1.54, 1.807) is 13.8 Å². The number of hydrogen-bond donors (Lipinski definition) is 10. The van der Waals surface area contributed by atoms with Gasteiger partial charge in [0.1, 0.15) is 85.5 Å². The molecule has 25 nitrogen and oxygen atoms in total. The number of fused-ring (bicyclic) bond motifs is 5. The molecule has 0 aromatic heterocycles. The summed E-state index contributed by atoms with van der Waals surface area (Å²) in [6.45, 7) is 10.1. The zero-order chi connectivity index (χ0) is 57.9. The zero-order valence-electron chi connectivity index (χ0n) is 47.3. The van der Waals surface area contributed by atoms with Gasteiger partial charge in [0.2, 0.25) is 0 Å². The van der Waals surface area contributed by atoms with Crippen LogP contribution < -0.4 is 0 Å². The third-order valence-corrected chi connectivity index (χ3v) is 19.9. The maximum Gasteiger partial charge on any atom is 0.303 e.